The summed E-state index contributed by atoms with van der Waals surface area (Å²) in [6, 6.07) is 1.99. The molecule has 1 N–H and O–H groups in total. The summed E-state index contributed by atoms with van der Waals surface area (Å²) in [6.45, 7) is 5.55. The van der Waals surface area contributed by atoms with Crippen LogP contribution in [-0.2, 0) is 11.8 Å². The van der Waals surface area contributed by atoms with Crippen molar-refractivity contribution in [3.8, 4) is 0 Å². The summed E-state index contributed by atoms with van der Waals surface area (Å²) in [5, 5.41) is 7.35. The molecule has 1 aliphatic heterocycles. The minimum Gasteiger partial charge on any atom is -0.379 e. The second-order valence-corrected chi connectivity index (χ2v) is 5.12. The molecule has 1 aromatic rings. The van der Waals surface area contributed by atoms with Gasteiger partial charge in [0, 0.05) is 13.7 Å². The molecule has 5 nitrogen and oxygen atoms in total. The highest BCUT2D eigenvalue weighted by Crippen LogP contribution is 2.14. The number of aryl methyl sites for hydroxylation is 1. The lowest BCUT2D eigenvalue weighted by Gasteiger charge is -2.22. The third-order valence-corrected chi connectivity index (χ3v) is 3.22. The molecule has 1 atom stereocenters. The molecule has 18 heavy (non-hydrogen) atoms. The monoisotopic (exact) mass is 251 g/mol. The van der Waals surface area contributed by atoms with E-state index in [9.17, 15) is 4.79 Å². The highest BCUT2D eigenvalue weighted by Gasteiger charge is 2.20. The fraction of sp³-hybridized carbons (Fsp3) is 0.692. The van der Waals surface area contributed by atoms with Gasteiger partial charge in [-0.1, -0.05) is 13.8 Å². The summed E-state index contributed by atoms with van der Waals surface area (Å²) in [6.07, 6.45) is 1.99. The summed E-state index contributed by atoms with van der Waals surface area (Å²) in [5.74, 6) is 0.267. The Bertz CT molecular complexity index is 420. The van der Waals surface area contributed by atoms with Crippen LogP contribution in [-0.4, -0.2) is 34.9 Å². The summed E-state index contributed by atoms with van der Waals surface area (Å²) in [5.41, 5.74) is 1.56. The van der Waals surface area contributed by atoms with E-state index in [1.165, 1.54) is 0 Å². The minimum absolute atomic E-state index is 0.0626. The molecular weight excluding hydrogens is 230 g/mol. The largest absolute Gasteiger partial charge is 0.379 e. The van der Waals surface area contributed by atoms with Crippen molar-refractivity contribution in [2.75, 3.05) is 13.2 Å². The molecule has 0 bridgehead atoms. The number of amides is 1. The van der Waals surface area contributed by atoms with E-state index in [1.807, 2.05) is 6.07 Å². The molecule has 1 fully saturated rings. The predicted octanol–water partition coefficient (Wildman–Crippen LogP) is 1.45. The van der Waals surface area contributed by atoms with Gasteiger partial charge in [-0.15, -0.1) is 0 Å². The van der Waals surface area contributed by atoms with Crippen LogP contribution < -0.4 is 5.32 Å². The van der Waals surface area contributed by atoms with E-state index in [0.29, 0.717) is 18.2 Å². The zero-order valence-electron chi connectivity index (χ0n) is 11.3. The fourth-order valence-corrected chi connectivity index (χ4v) is 2.10. The Balaban J connectivity index is 2.03. The van der Waals surface area contributed by atoms with Crippen LogP contribution in [0.2, 0.25) is 0 Å². The lowest BCUT2D eigenvalue weighted by Crippen LogP contribution is -2.41. The van der Waals surface area contributed by atoms with Crippen LogP contribution >= 0.6 is 0 Å². The molecule has 0 aromatic carbocycles. The van der Waals surface area contributed by atoms with Crippen molar-refractivity contribution in [1.29, 1.82) is 0 Å². The molecule has 1 amide bonds. The van der Waals surface area contributed by atoms with Gasteiger partial charge in [0.1, 0.15) is 5.69 Å². The van der Waals surface area contributed by atoms with E-state index in [4.69, 9.17) is 4.74 Å². The third-order valence-electron chi connectivity index (χ3n) is 3.22. The molecule has 2 rings (SSSR count). The maximum atomic E-state index is 12.1. The molecule has 5 heteroatoms. The van der Waals surface area contributed by atoms with Crippen LogP contribution in [0.1, 0.15) is 48.8 Å². The van der Waals surface area contributed by atoms with Crippen LogP contribution in [0.15, 0.2) is 6.07 Å². The van der Waals surface area contributed by atoms with Gasteiger partial charge in [0.15, 0.2) is 0 Å². The second-order valence-electron chi connectivity index (χ2n) is 5.12. The van der Waals surface area contributed by atoms with Crippen molar-refractivity contribution >= 4 is 5.91 Å². The predicted molar refractivity (Wildman–Crippen MR) is 68.6 cm³/mol. The first-order valence-electron chi connectivity index (χ1n) is 6.50. The summed E-state index contributed by atoms with van der Waals surface area (Å²) in [7, 11) is 1.80. The van der Waals surface area contributed by atoms with E-state index in [-0.39, 0.29) is 11.9 Å². The quantitative estimate of drug-likeness (QED) is 0.884. The van der Waals surface area contributed by atoms with Gasteiger partial charge in [-0.05, 0) is 24.8 Å². The number of ether oxygens (including phenoxy) is 1. The molecule has 1 saturated heterocycles. The fourth-order valence-electron chi connectivity index (χ4n) is 2.10. The molecule has 0 radical (unpaired) electrons. The van der Waals surface area contributed by atoms with Gasteiger partial charge in [-0.2, -0.15) is 5.10 Å². The highest BCUT2D eigenvalue weighted by atomic mass is 16.5. The van der Waals surface area contributed by atoms with Crippen LogP contribution in [0, 0.1) is 0 Å². The number of rotatable bonds is 3. The molecule has 1 aromatic heterocycles. The Morgan fingerprint density at radius 1 is 1.61 bits per heavy atom. The van der Waals surface area contributed by atoms with Gasteiger partial charge in [0.2, 0.25) is 0 Å². The molecular formula is C13H21N3O2. The number of nitrogens with zero attached hydrogens (tertiary/aromatic N) is 2. The van der Waals surface area contributed by atoms with Gasteiger partial charge in [-0.25, -0.2) is 0 Å². The van der Waals surface area contributed by atoms with Gasteiger partial charge < -0.3 is 10.1 Å². The van der Waals surface area contributed by atoms with Gasteiger partial charge in [0.05, 0.1) is 18.3 Å². The van der Waals surface area contributed by atoms with E-state index < -0.39 is 0 Å². The summed E-state index contributed by atoms with van der Waals surface area (Å²) in [4.78, 5) is 12.1. The summed E-state index contributed by atoms with van der Waals surface area (Å²) < 4.78 is 7.00. The normalized spacial score (nSPS) is 20.1. The average Bonchev–Trinajstić information content (AvgIpc) is 2.73. The molecule has 0 unspecified atom stereocenters. The first kappa shape index (κ1) is 13.1. The molecule has 100 valence electrons. The van der Waals surface area contributed by atoms with Crippen molar-refractivity contribution < 1.29 is 9.53 Å². The van der Waals surface area contributed by atoms with Crippen LogP contribution in [0.25, 0.3) is 0 Å². The summed E-state index contributed by atoms with van der Waals surface area (Å²) >= 11 is 0. The van der Waals surface area contributed by atoms with E-state index in [1.54, 1.807) is 11.7 Å². The van der Waals surface area contributed by atoms with Crippen LogP contribution in [0.4, 0.5) is 0 Å². The Hall–Kier alpha value is -1.36. The SMILES string of the molecule is CC(C)c1cc(C(=O)N[C@@H]2CCCOC2)n(C)n1. The van der Waals surface area contributed by atoms with Crippen LogP contribution in [0.5, 0.6) is 0 Å². The van der Waals surface area contributed by atoms with Crippen molar-refractivity contribution in [2.45, 2.75) is 38.6 Å². The number of carbonyl (C=O) groups excluding carboxylic acids is 1. The molecule has 0 spiro atoms. The molecule has 0 aliphatic carbocycles. The molecule has 0 saturated carbocycles. The van der Waals surface area contributed by atoms with Crippen molar-refractivity contribution in [2.24, 2.45) is 7.05 Å². The lowest BCUT2D eigenvalue weighted by atomic mass is 10.1. The zero-order valence-corrected chi connectivity index (χ0v) is 11.3. The number of hydrogen-bond acceptors (Lipinski definition) is 3. The molecule has 2 heterocycles. The second kappa shape index (κ2) is 5.52. The van der Waals surface area contributed by atoms with Gasteiger partial charge in [-0.3, -0.25) is 9.48 Å². The lowest BCUT2D eigenvalue weighted by molar-refractivity contribution is 0.0620. The maximum Gasteiger partial charge on any atom is 0.269 e. The number of nitrogens with one attached hydrogen (secondary N) is 1. The Labute approximate surface area is 108 Å². The Kier molecular flexibility index (Phi) is 4.01. The van der Waals surface area contributed by atoms with Gasteiger partial charge in [0.25, 0.3) is 5.91 Å². The van der Waals surface area contributed by atoms with Gasteiger partial charge >= 0.3 is 0 Å². The van der Waals surface area contributed by atoms with Crippen molar-refractivity contribution in [1.82, 2.24) is 15.1 Å². The topological polar surface area (TPSA) is 56.1 Å². The first-order valence-corrected chi connectivity index (χ1v) is 6.50. The smallest absolute Gasteiger partial charge is 0.269 e. The third kappa shape index (κ3) is 2.90. The van der Waals surface area contributed by atoms with E-state index >= 15 is 0 Å². The number of hydrogen-bond donors (Lipinski definition) is 1. The first-order chi connectivity index (χ1) is 8.58. The van der Waals surface area contributed by atoms with Crippen molar-refractivity contribution in [3.63, 3.8) is 0 Å². The van der Waals surface area contributed by atoms with Crippen LogP contribution in [0.3, 0.4) is 0 Å². The van der Waals surface area contributed by atoms with E-state index in [0.717, 1.165) is 25.1 Å². The van der Waals surface area contributed by atoms with E-state index in [2.05, 4.69) is 24.3 Å². The average molecular weight is 251 g/mol. The Morgan fingerprint density at radius 2 is 2.39 bits per heavy atom. The number of aromatic nitrogens is 2. The highest BCUT2D eigenvalue weighted by molar-refractivity contribution is 5.92. The number of carbonyl (C=O) groups is 1. The minimum atomic E-state index is -0.0626. The maximum absolute atomic E-state index is 12.1. The molecule has 1 aliphatic rings. The Morgan fingerprint density at radius 3 is 2.94 bits per heavy atom. The van der Waals surface area contributed by atoms with Crippen molar-refractivity contribution in [3.05, 3.63) is 17.5 Å². The zero-order chi connectivity index (χ0) is 13.1. The standard InChI is InChI=1S/C13H21N3O2/c1-9(2)11-7-12(16(3)15-11)13(17)14-10-5-4-6-18-8-10/h7,9-10H,4-6,8H2,1-3H3,(H,14,17)/t10-/m1/s1.